The van der Waals surface area contributed by atoms with Crippen LogP contribution < -0.4 is 5.32 Å². The van der Waals surface area contributed by atoms with Crippen molar-refractivity contribution < 1.29 is 0 Å². The molecule has 1 atom stereocenters. The van der Waals surface area contributed by atoms with Gasteiger partial charge in [-0.3, -0.25) is 9.89 Å². The lowest BCUT2D eigenvalue weighted by Gasteiger charge is -2.40. The number of aryl methyl sites for hydroxylation is 1. The highest BCUT2D eigenvalue weighted by Crippen LogP contribution is 2.25. The van der Waals surface area contributed by atoms with Crippen molar-refractivity contribution in [3.63, 3.8) is 0 Å². The first kappa shape index (κ1) is 19.4. The number of nitrogens with one attached hydrogen (secondary N) is 1. The van der Waals surface area contributed by atoms with Gasteiger partial charge in [0.2, 0.25) is 0 Å². The monoisotopic (exact) mass is 369 g/mol. The van der Waals surface area contributed by atoms with Gasteiger partial charge < -0.3 is 14.8 Å². The fourth-order valence-electron chi connectivity index (χ4n) is 3.80. The number of hydrogen-bond acceptors (Lipinski definition) is 4. The highest BCUT2D eigenvalue weighted by Gasteiger charge is 2.25. The minimum absolute atomic E-state index is 0.492. The van der Waals surface area contributed by atoms with Gasteiger partial charge in [-0.1, -0.05) is 37.3 Å². The average molecular weight is 370 g/mol. The van der Waals surface area contributed by atoms with Crippen molar-refractivity contribution in [2.24, 2.45) is 4.99 Å². The number of hydrogen-bond donors (Lipinski definition) is 1. The highest BCUT2D eigenvalue weighted by atomic mass is 15.4. The van der Waals surface area contributed by atoms with Crippen LogP contribution >= 0.6 is 0 Å². The molecule has 1 fully saturated rings. The predicted molar refractivity (Wildman–Crippen MR) is 109 cm³/mol. The number of guanidine groups is 1. The number of aliphatic imine (C=N–C) groups is 1. The molecule has 1 aliphatic heterocycles. The van der Waals surface area contributed by atoms with Crippen molar-refractivity contribution >= 4 is 5.96 Å². The van der Waals surface area contributed by atoms with Crippen molar-refractivity contribution in [2.45, 2.75) is 39.4 Å². The van der Waals surface area contributed by atoms with Crippen LogP contribution in [0.1, 0.15) is 37.7 Å². The summed E-state index contributed by atoms with van der Waals surface area (Å²) in [6.07, 6.45) is 2.90. The van der Waals surface area contributed by atoms with Crippen LogP contribution in [0.4, 0.5) is 0 Å². The van der Waals surface area contributed by atoms with E-state index >= 15 is 0 Å². The molecule has 0 saturated carbocycles. The number of rotatable bonds is 6. The van der Waals surface area contributed by atoms with Gasteiger partial charge >= 0.3 is 0 Å². The lowest BCUT2D eigenvalue weighted by atomic mass is 10.0. The molecular weight excluding hydrogens is 338 g/mol. The van der Waals surface area contributed by atoms with E-state index in [1.807, 2.05) is 11.6 Å². The Morgan fingerprint density at radius 1 is 1.15 bits per heavy atom. The average Bonchev–Trinajstić information content (AvgIpc) is 3.18. The van der Waals surface area contributed by atoms with Crippen molar-refractivity contribution in [2.75, 3.05) is 33.2 Å². The molecule has 1 aromatic carbocycles. The molecule has 0 bridgehead atoms. The summed E-state index contributed by atoms with van der Waals surface area (Å²) >= 11 is 0. The van der Waals surface area contributed by atoms with Gasteiger partial charge in [-0.25, -0.2) is 0 Å². The lowest BCUT2D eigenvalue weighted by molar-refractivity contribution is 0.127. The molecule has 2 aromatic rings. The summed E-state index contributed by atoms with van der Waals surface area (Å²) in [7, 11) is 1.85. The molecular formula is C20H31N7. The molecule has 7 nitrogen and oxygen atoms in total. The van der Waals surface area contributed by atoms with E-state index in [1.165, 1.54) is 5.56 Å². The minimum Gasteiger partial charge on any atom is -0.349 e. The molecule has 0 radical (unpaired) electrons. The first-order valence-electron chi connectivity index (χ1n) is 9.88. The molecule has 1 aliphatic rings. The Morgan fingerprint density at radius 3 is 2.52 bits per heavy atom. The fraction of sp³-hybridized carbons (Fsp3) is 0.550. The maximum atomic E-state index is 4.47. The Morgan fingerprint density at radius 2 is 1.89 bits per heavy atom. The summed E-state index contributed by atoms with van der Waals surface area (Å²) in [4.78, 5) is 9.39. The zero-order valence-electron chi connectivity index (χ0n) is 16.7. The summed E-state index contributed by atoms with van der Waals surface area (Å²) in [6, 6.07) is 11.3. The van der Waals surface area contributed by atoms with Crippen LogP contribution in [0.3, 0.4) is 0 Å². The van der Waals surface area contributed by atoms with Crippen LogP contribution in [0, 0.1) is 0 Å². The van der Waals surface area contributed by atoms with E-state index in [0.717, 1.165) is 50.9 Å². The predicted octanol–water partition coefficient (Wildman–Crippen LogP) is 2.14. The van der Waals surface area contributed by atoms with E-state index in [-0.39, 0.29) is 0 Å². The van der Waals surface area contributed by atoms with Crippen LogP contribution in [0.5, 0.6) is 0 Å². The molecule has 146 valence electrons. The summed E-state index contributed by atoms with van der Waals surface area (Å²) < 4.78 is 2.05. The van der Waals surface area contributed by atoms with Gasteiger partial charge in [-0.05, 0) is 18.9 Å². The van der Waals surface area contributed by atoms with Gasteiger partial charge in [-0.15, -0.1) is 10.2 Å². The van der Waals surface area contributed by atoms with Crippen molar-refractivity contribution in [1.82, 2.24) is 29.9 Å². The molecule has 7 heteroatoms. The van der Waals surface area contributed by atoms with Crippen LogP contribution in [-0.2, 0) is 13.1 Å². The SMILES string of the molecule is CCC(c1ccccc1)N1CCN(C(=NC)NCc2nncn2CC)CC1. The molecule has 27 heavy (non-hydrogen) atoms. The van der Waals surface area contributed by atoms with E-state index < -0.39 is 0 Å². The van der Waals surface area contributed by atoms with Crippen LogP contribution in [-0.4, -0.2) is 63.8 Å². The van der Waals surface area contributed by atoms with Crippen molar-refractivity contribution in [1.29, 1.82) is 0 Å². The van der Waals surface area contributed by atoms with Gasteiger partial charge in [0.15, 0.2) is 11.8 Å². The zero-order chi connectivity index (χ0) is 19.1. The molecule has 1 N–H and O–H groups in total. The van der Waals surface area contributed by atoms with Crippen LogP contribution in [0.25, 0.3) is 0 Å². The Bertz CT molecular complexity index is 717. The zero-order valence-corrected chi connectivity index (χ0v) is 16.7. The van der Waals surface area contributed by atoms with E-state index in [1.54, 1.807) is 6.33 Å². The van der Waals surface area contributed by atoms with Gasteiger partial charge in [0, 0.05) is 45.8 Å². The molecule has 0 spiro atoms. The number of benzene rings is 1. The van der Waals surface area contributed by atoms with Crippen LogP contribution in [0.2, 0.25) is 0 Å². The first-order valence-corrected chi connectivity index (χ1v) is 9.88. The standard InChI is InChI=1S/C20H31N7/c1-4-18(17-9-7-6-8-10-17)26-11-13-27(14-12-26)20(21-3)22-15-19-24-23-16-25(19)5-2/h6-10,16,18H,4-5,11-15H2,1-3H3,(H,21,22). The Balaban J connectivity index is 1.55. The number of piperazine rings is 1. The number of aromatic nitrogens is 3. The van der Waals surface area contributed by atoms with Crippen molar-refractivity contribution in [3.8, 4) is 0 Å². The Hall–Kier alpha value is -2.41. The van der Waals surface area contributed by atoms with Gasteiger partial charge in [-0.2, -0.15) is 0 Å². The third-order valence-electron chi connectivity index (χ3n) is 5.28. The molecule has 1 saturated heterocycles. The topological polar surface area (TPSA) is 61.6 Å². The first-order chi connectivity index (χ1) is 13.3. The Labute approximate surface area is 162 Å². The second-order valence-corrected chi connectivity index (χ2v) is 6.79. The smallest absolute Gasteiger partial charge is 0.194 e. The largest absolute Gasteiger partial charge is 0.349 e. The lowest BCUT2D eigenvalue weighted by Crippen LogP contribution is -2.53. The molecule has 2 heterocycles. The minimum atomic E-state index is 0.492. The molecule has 0 amide bonds. The second-order valence-electron chi connectivity index (χ2n) is 6.79. The fourth-order valence-corrected chi connectivity index (χ4v) is 3.80. The van der Waals surface area contributed by atoms with E-state index in [4.69, 9.17) is 0 Å². The van der Waals surface area contributed by atoms with E-state index in [0.29, 0.717) is 12.6 Å². The van der Waals surface area contributed by atoms with Crippen molar-refractivity contribution in [3.05, 3.63) is 48.0 Å². The maximum absolute atomic E-state index is 4.47. The maximum Gasteiger partial charge on any atom is 0.194 e. The normalized spacial score (nSPS) is 17.1. The summed E-state index contributed by atoms with van der Waals surface area (Å²) in [6.45, 7) is 9.92. The quantitative estimate of drug-likeness (QED) is 0.624. The third kappa shape index (κ3) is 4.66. The summed E-state index contributed by atoms with van der Waals surface area (Å²) in [5.74, 6) is 1.88. The van der Waals surface area contributed by atoms with E-state index in [9.17, 15) is 0 Å². The summed E-state index contributed by atoms with van der Waals surface area (Å²) in [5.41, 5.74) is 1.41. The summed E-state index contributed by atoms with van der Waals surface area (Å²) in [5, 5.41) is 11.6. The second kappa shape index (κ2) is 9.50. The van der Waals surface area contributed by atoms with Gasteiger partial charge in [0.05, 0.1) is 6.54 Å². The Kier molecular flexibility index (Phi) is 6.81. The van der Waals surface area contributed by atoms with Gasteiger partial charge in [0.1, 0.15) is 6.33 Å². The molecule has 1 aromatic heterocycles. The van der Waals surface area contributed by atoms with E-state index in [2.05, 4.69) is 74.5 Å². The molecule has 3 rings (SSSR count). The number of nitrogens with zero attached hydrogens (tertiary/aromatic N) is 6. The molecule has 1 unspecified atom stereocenters. The third-order valence-corrected chi connectivity index (χ3v) is 5.28. The van der Waals surface area contributed by atoms with Gasteiger partial charge in [0.25, 0.3) is 0 Å². The highest BCUT2D eigenvalue weighted by molar-refractivity contribution is 5.79. The van der Waals surface area contributed by atoms with Crippen LogP contribution in [0.15, 0.2) is 41.7 Å². The molecule has 0 aliphatic carbocycles.